The Balaban J connectivity index is 0.000000307. The highest BCUT2D eigenvalue weighted by molar-refractivity contribution is 7.86. The summed E-state index contributed by atoms with van der Waals surface area (Å²) < 4.78 is 81.9. The molecular weight excluding hydrogens is 801 g/mol. The van der Waals surface area contributed by atoms with E-state index in [0.29, 0.717) is 35.5 Å². The molecule has 20 heteroatoms. The molecule has 0 saturated heterocycles. The summed E-state index contributed by atoms with van der Waals surface area (Å²) in [6.45, 7) is 4.32. The average Bonchev–Trinajstić information content (AvgIpc) is 3.51. The largest absolute Gasteiger partial charge is 0.494 e. The van der Waals surface area contributed by atoms with Crippen LogP contribution < -0.4 is 31.3 Å². The first kappa shape index (κ1) is 48.6. The van der Waals surface area contributed by atoms with Gasteiger partial charge in [-0.2, -0.15) is 16.8 Å². The Morgan fingerprint density at radius 2 is 1.17 bits per heavy atom. The molecule has 0 radical (unpaired) electrons. The second kappa shape index (κ2) is 23.7. The van der Waals surface area contributed by atoms with Crippen LogP contribution in [0.1, 0.15) is 55.9 Å². The third-order valence-corrected chi connectivity index (χ3v) is 8.89. The minimum atomic E-state index is -3.92. The molecule has 0 aliphatic rings. The lowest BCUT2D eigenvalue weighted by molar-refractivity contribution is 0.279. The maximum atomic E-state index is 11.2. The van der Waals surface area contributed by atoms with Crippen LogP contribution in [0.2, 0.25) is 0 Å². The van der Waals surface area contributed by atoms with Crippen molar-refractivity contribution in [3.05, 3.63) is 100 Å². The summed E-state index contributed by atoms with van der Waals surface area (Å²) in [6, 6.07) is 21.2. The molecule has 58 heavy (non-hydrogen) atoms. The van der Waals surface area contributed by atoms with E-state index in [2.05, 4.69) is 0 Å². The van der Waals surface area contributed by atoms with Gasteiger partial charge in [0, 0.05) is 34.6 Å². The standard InChI is InChI=1S/C19H24N4O2.C15H14O4.2C2H6O4S/c20-18(21)14-4-8-16(9-5-14)24-12-2-1-3-13-25-17-10-6-15(7-11-17)19(22)23;1-8(2)14-15(17-3)10-6-9-4-5-13(16)18-11(9)7-12(10)19-14;2*3-1-2-7(4,5)6/h4-11H,1-3,12-13H2,(H3,20,21)(H3,22,23);4-8H,1-3H3;2*3H,1-2H2,(H,4,5,6). The maximum absolute atomic E-state index is 11.2. The Morgan fingerprint density at radius 1 is 0.707 bits per heavy atom. The van der Waals surface area contributed by atoms with Gasteiger partial charge < -0.3 is 44.7 Å². The van der Waals surface area contributed by atoms with Gasteiger partial charge in [-0.15, -0.1) is 0 Å². The Bertz CT molecular complexity index is 2250. The molecular formula is C38H50N4O14S2. The van der Waals surface area contributed by atoms with Crippen LogP contribution in [0.25, 0.3) is 21.9 Å². The smallest absolute Gasteiger partial charge is 0.336 e. The van der Waals surface area contributed by atoms with E-state index in [4.69, 9.17) is 64.6 Å². The van der Waals surface area contributed by atoms with Crippen LogP contribution in [-0.2, 0) is 20.2 Å². The molecule has 0 saturated carbocycles. The molecule has 10 N–H and O–H groups in total. The summed E-state index contributed by atoms with van der Waals surface area (Å²) in [5.41, 5.74) is 13.0. The Hall–Kier alpha value is -5.51. The molecule has 0 amide bonds. The van der Waals surface area contributed by atoms with Crippen molar-refractivity contribution in [1.82, 2.24) is 0 Å². The first-order valence-electron chi connectivity index (χ1n) is 17.6. The number of fused-ring (bicyclic) bond motifs is 2. The number of hydrogen-bond acceptors (Lipinski definition) is 14. The summed E-state index contributed by atoms with van der Waals surface area (Å²) in [5, 5.41) is 32.1. The van der Waals surface area contributed by atoms with E-state index in [1.54, 1.807) is 43.5 Å². The molecule has 318 valence electrons. The summed E-state index contributed by atoms with van der Waals surface area (Å²) in [6.07, 6.45) is 2.90. The first-order valence-corrected chi connectivity index (χ1v) is 20.8. The molecule has 3 aromatic carbocycles. The van der Waals surface area contributed by atoms with Crippen molar-refractivity contribution in [2.75, 3.05) is 45.0 Å². The van der Waals surface area contributed by atoms with Crippen molar-refractivity contribution < 1.29 is 59.2 Å². The fourth-order valence-corrected chi connectivity index (χ4v) is 5.16. The topological polar surface area (TPSA) is 320 Å². The quantitative estimate of drug-likeness (QED) is 0.0226. The van der Waals surface area contributed by atoms with E-state index in [1.165, 1.54) is 6.07 Å². The highest BCUT2D eigenvalue weighted by Crippen LogP contribution is 2.38. The number of hydrogen-bond donors (Lipinski definition) is 8. The summed E-state index contributed by atoms with van der Waals surface area (Å²) in [4.78, 5) is 11.2. The minimum Gasteiger partial charge on any atom is -0.494 e. The molecule has 2 heterocycles. The fourth-order valence-electron chi connectivity index (χ4n) is 4.70. The lowest BCUT2D eigenvalue weighted by Crippen LogP contribution is -2.10. The van der Waals surface area contributed by atoms with Crippen LogP contribution in [-0.4, -0.2) is 92.9 Å². The van der Waals surface area contributed by atoms with Crippen LogP contribution in [0.5, 0.6) is 17.2 Å². The predicted octanol–water partition coefficient (Wildman–Crippen LogP) is 4.29. The van der Waals surface area contributed by atoms with Gasteiger partial charge in [0.25, 0.3) is 20.2 Å². The zero-order valence-corrected chi connectivity index (χ0v) is 33.8. The van der Waals surface area contributed by atoms with Gasteiger partial charge in [-0.3, -0.25) is 19.9 Å². The van der Waals surface area contributed by atoms with Crippen molar-refractivity contribution in [2.24, 2.45) is 11.5 Å². The number of ether oxygens (including phenoxy) is 3. The molecule has 0 aliphatic heterocycles. The van der Waals surface area contributed by atoms with Gasteiger partial charge in [-0.1, -0.05) is 13.8 Å². The number of furan rings is 1. The van der Waals surface area contributed by atoms with Gasteiger partial charge in [0.15, 0.2) is 5.75 Å². The number of amidine groups is 2. The average molecular weight is 851 g/mol. The van der Waals surface area contributed by atoms with Crippen LogP contribution in [0.4, 0.5) is 0 Å². The second-order valence-corrected chi connectivity index (χ2v) is 15.6. The normalized spacial score (nSPS) is 11.0. The van der Waals surface area contributed by atoms with Gasteiger partial charge in [0.05, 0.1) is 50.4 Å². The molecule has 0 fully saturated rings. The number of aliphatic hydroxyl groups excluding tert-OH is 2. The number of nitrogens with one attached hydrogen (secondary N) is 2. The van der Waals surface area contributed by atoms with Crippen LogP contribution in [0.3, 0.4) is 0 Å². The molecule has 5 aromatic rings. The van der Waals surface area contributed by atoms with Crippen molar-refractivity contribution in [3.8, 4) is 17.2 Å². The number of nitrogens with two attached hydrogens (primary N) is 2. The summed E-state index contributed by atoms with van der Waals surface area (Å²) in [7, 11) is -6.22. The van der Waals surface area contributed by atoms with Crippen molar-refractivity contribution in [3.63, 3.8) is 0 Å². The number of aliphatic hydroxyl groups is 2. The lowest BCUT2D eigenvalue weighted by Gasteiger charge is -2.08. The first-order chi connectivity index (χ1) is 27.3. The highest BCUT2D eigenvalue weighted by Gasteiger charge is 2.18. The number of rotatable bonds is 16. The van der Waals surface area contributed by atoms with E-state index in [-0.39, 0.29) is 23.2 Å². The van der Waals surface area contributed by atoms with E-state index in [0.717, 1.165) is 53.0 Å². The van der Waals surface area contributed by atoms with E-state index >= 15 is 0 Å². The Morgan fingerprint density at radius 3 is 1.53 bits per heavy atom. The molecule has 0 aliphatic carbocycles. The molecule has 18 nitrogen and oxygen atoms in total. The fraction of sp³-hybridized carbons (Fsp3) is 0.342. The van der Waals surface area contributed by atoms with Gasteiger partial charge >= 0.3 is 5.63 Å². The predicted molar refractivity (Wildman–Crippen MR) is 220 cm³/mol. The Labute approximate surface area is 335 Å². The zero-order valence-electron chi connectivity index (χ0n) is 32.2. The minimum absolute atomic E-state index is 0.0579. The summed E-state index contributed by atoms with van der Waals surface area (Å²) in [5.74, 6) is 2.30. The lowest BCUT2D eigenvalue weighted by atomic mass is 10.1. The van der Waals surface area contributed by atoms with Crippen molar-refractivity contribution in [1.29, 1.82) is 10.8 Å². The van der Waals surface area contributed by atoms with E-state index < -0.39 is 45.0 Å². The van der Waals surface area contributed by atoms with Crippen LogP contribution >= 0.6 is 0 Å². The Kier molecular flexibility index (Phi) is 19.8. The number of nitrogen functional groups attached to an aromatic ring is 2. The van der Waals surface area contributed by atoms with Gasteiger partial charge in [-0.25, -0.2) is 4.79 Å². The van der Waals surface area contributed by atoms with Gasteiger partial charge in [0.2, 0.25) is 0 Å². The number of benzene rings is 3. The second-order valence-electron chi connectivity index (χ2n) is 12.4. The van der Waals surface area contributed by atoms with Crippen molar-refractivity contribution >= 4 is 53.8 Å². The van der Waals surface area contributed by atoms with E-state index in [9.17, 15) is 21.6 Å². The number of unbranched alkanes of at least 4 members (excludes halogenated alkanes) is 2. The molecule has 2 aromatic heterocycles. The van der Waals surface area contributed by atoms with Crippen molar-refractivity contribution in [2.45, 2.75) is 39.0 Å². The molecule has 0 spiro atoms. The third kappa shape index (κ3) is 17.7. The van der Waals surface area contributed by atoms with E-state index in [1.807, 2.05) is 44.2 Å². The monoisotopic (exact) mass is 850 g/mol. The third-order valence-electron chi connectivity index (χ3n) is 7.49. The summed E-state index contributed by atoms with van der Waals surface area (Å²) >= 11 is 0. The van der Waals surface area contributed by atoms with Crippen LogP contribution in [0, 0.1) is 10.8 Å². The van der Waals surface area contributed by atoms with Gasteiger partial charge in [-0.05, 0) is 79.9 Å². The van der Waals surface area contributed by atoms with Crippen LogP contribution in [0.15, 0.2) is 86.4 Å². The highest BCUT2D eigenvalue weighted by atomic mass is 32.2. The SMILES string of the molecule is COc1c(C(C)C)oc2cc3oc(=O)ccc3cc12.N=C(N)c1ccc(OCCCCCOc2ccc(C(=N)N)cc2)cc1.O=S(=O)(O)CCO.O=S(=O)(O)CCO. The molecule has 0 unspecified atom stereocenters. The maximum Gasteiger partial charge on any atom is 0.336 e. The molecule has 0 atom stereocenters. The molecule has 0 bridgehead atoms. The zero-order chi connectivity index (χ0) is 43.5. The van der Waals surface area contributed by atoms with Gasteiger partial charge in [0.1, 0.15) is 40.1 Å². The molecule has 5 rings (SSSR count). The number of methoxy groups -OCH3 is 1.